The maximum atomic E-state index is 13.4. The molecule has 1 amide bonds. The van der Waals surface area contributed by atoms with Crippen molar-refractivity contribution < 1.29 is 14.3 Å². The van der Waals surface area contributed by atoms with Crippen molar-refractivity contribution in [1.82, 2.24) is 9.88 Å². The SMILES string of the molecule is COc1ccc(-c2nc(C)c(C(=O)N3CCC[C@H]3Cc3ccccc3)s2)cc1OC. The molecule has 1 saturated heterocycles. The normalized spacial score (nSPS) is 16.0. The fourth-order valence-corrected chi connectivity index (χ4v) is 5.04. The van der Waals surface area contributed by atoms with Crippen molar-refractivity contribution in [2.24, 2.45) is 0 Å². The Bertz CT molecular complexity index is 1030. The summed E-state index contributed by atoms with van der Waals surface area (Å²) in [6.07, 6.45) is 2.98. The fourth-order valence-electron chi connectivity index (χ4n) is 4.02. The number of benzene rings is 2. The Balaban J connectivity index is 1.57. The van der Waals surface area contributed by atoms with Gasteiger partial charge >= 0.3 is 0 Å². The lowest BCUT2D eigenvalue weighted by Gasteiger charge is -2.24. The van der Waals surface area contributed by atoms with E-state index in [9.17, 15) is 4.79 Å². The smallest absolute Gasteiger partial charge is 0.266 e. The van der Waals surface area contributed by atoms with Gasteiger partial charge in [-0.3, -0.25) is 4.79 Å². The van der Waals surface area contributed by atoms with E-state index in [0.29, 0.717) is 11.5 Å². The lowest BCUT2D eigenvalue weighted by molar-refractivity contribution is 0.0740. The van der Waals surface area contributed by atoms with E-state index in [1.54, 1.807) is 14.2 Å². The summed E-state index contributed by atoms with van der Waals surface area (Å²) in [4.78, 5) is 20.8. The first-order valence-corrected chi connectivity index (χ1v) is 11.0. The van der Waals surface area contributed by atoms with Gasteiger partial charge in [0, 0.05) is 18.2 Å². The maximum Gasteiger partial charge on any atom is 0.266 e. The molecule has 5 nitrogen and oxygen atoms in total. The number of nitrogens with zero attached hydrogens (tertiary/aromatic N) is 2. The molecule has 0 radical (unpaired) electrons. The third-order valence-corrected chi connectivity index (χ3v) is 6.77. The van der Waals surface area contributed by atoms with Gasteiger partial charge < -0.3 is 14.4 Å². The van der Waals surface area contributed by atoms with Gasteiger partial charge in [0.25, 0.3) is 5.91 Å². The zero-order chi connectivity index (χ0) is 21.1. The molecule has 1 aromatic heterocycles. The van der Waals surface area contributed by atoms with Crippen LogP contribution in [0.4, 0.5) is 0 Å². The molecule has 0 unspecified atom stereocenters. The molecule has 2 aromatic carbocycles. The van der Waals surface area contributed by atoms with Crippen molar-refractivity contribution in [3.63, 3.8) is 0 Å². The molecule has 0 saturated carbocycles. The molecule has 1 fully saturated rings. The molecule has 30 heavy (non-hydrogen) atoms. The summed E-state index contributed by atoms with van der Waals surface area (Å²) >= 11 is 1.45. The van der Waals surface area contributed by atoms with Crippen molar-refractivity contribution in [2.45, 2.75) is 32.2 Å². The maximum absolute atomic E-state index is 13.4. The molecular formula is C24H26N2O3S. The van der Waals surface area contributed by atoms with Gasteiger partial charge in [0.05, 0.1) is 19.9 Å². The summed E-state index contributed by atoms with van der Waals surface area (Å²) < 4.78 is 10.7. The van der Waals surface area contributed by atoms with Crippen LogP contribution in [0.25, 0.3) is 10.6 Å². The molecule has 6 heteroatoms. The van der Waals surface area contributed by atoms with Gasteiger partial charge in [-0.15, -0.1) is 11.3 Å². The Morgan fingerprint density at radius 1 is 1.13 bits per heavy atom. The second kappa shape index (κ2) is 8.88. The highest BCUT2D eigenvalue weighted by Crippen LogP contribution is 2.36. The lowest BCUT2D eigenvalue weighted by Crippen LogP contribution is -2.36. The first-order chi connectivity index (χ1) is 14.6. The van der Waals surface area contributed by atoms with Gasteiger partial charge in [0.15, 0.2) is 11.5 Å². The number of aromatic nitrogens is 1. The van der Waals surface area contributed by atoms with Crippen molar-refractivity contribution in [3.05, 3.63) is 64.7 Å². The monoisotopic (exact) mass is 422 g/mol. The Kier molecular flexibility index (Phi) is 6.04. The van der Waals surface area contributed by atoms with Crippen LogP contribution in [0.15, 0.2) is 48.5 Å². The minimum absolute atomic E-state index is 0.0927. The van der Waals surface area contributed by atoms with E-state index in [1.165, 1.54) is 16.9 Å². The molecular weight excluding hydrogens is 396 g/mol. The van der Waals surface area contributed by atoms with Gasteiger partial charge in [0.2, 0.25) is 0 Å². The average molecular weight is 423 g/mol. The quantitative estimate of drug-likeness (QED) is 0.562. The number of methoxy groups -OCH3 is 2. The average Bonchev–Trinajstić information content (AvgIpc) is 3.40. The Labute approximate surface area is 181 Å². The van der Waals surface area contributed by atoms with Crippen LogP contribution >= 0.6 is 11.3 Å². The summed E-state index contributed by atoms with van der Waals surface area (Å²) in [6, 6.07) is 16.4. The number of thiazole rings is 1. The third kappa shape index (κ3) is 4.05. The van der Waals surface area contributed by atoms with Gasteiger partial charge in [0.1, 0.15) is 9.88 Å². The number of aryl methyl sites for hydroxylation is 1. The van der Waals surface area contributed by atoms with E-state index >= 15 is 0 Å². The first kappa shape index (κ1) is 20.4. The van der Waals surface area contributed by atoms with E-state index in [0.717, 1.165) is 46.9 Å². The van der Waals surface area contributed by atoms with Crippen LogP contribution < -0.4 is 9.47 Å². The third-order valence-electron chi connectivity index (χ3n) is 5.57. The van der Waals surface area contributed by atoms with Crippen LogP contribution in [0.1, 0.15) is 33.8 Å². The minimum atomic E-state index is 0.0927. The number of amides is 1. The minimum Gasteiger partial charge on any atom is -0.493 e. The molecule has 2 heterocycles. The fraction of sp³-hybridized carbons (Fsp3) is 0.333. The van der Waals surface area contributed by atoms with Gasteiger partial charge in [-0.1, -0.05) is 30.3 Å². The van der Waals surface area contributed by atoms with Gasteiger partial charge in [-0.2, -0.15) is 0 Å². The highest BCUT2D eigenvalue weighted by Gasteiger charge is 2.31. The number of ether oxygens (including phenoxy) is 2. The number of rotatable bonds is 6. The number of carbonyl (C=O) groups excluding carboxylic acids is 1. The molecule has 3 aromatic rings. The van der Waals surface area contributed by atoms with Crippen LogP contribution in [0, 0.1) is 6.92 Å². The van der Waals surface area contributed by atoms with Crippen LogP contribution in [0.3, 0.4) is 0 Å². The van der Waals surface area contributed by atoms with E-state index in [4.69, 9.17) is 9.47 Å². The molecule has 1 atom stereocenters. The van der Waals surface area contributed by atoms with Gasteiger partial charge in [-0.25, -0.2) is 4.98 Å². The zero-order valence-electron chi connectivity index (χ0n) is 17.6. The van der Waals surface area contributed by atoms with E-state index in [1.807, 2.05) is 36.1 Å². The van der Waals surface area contributed by atoms with Crippen molar-refractivity contribution in [3.8, 4) is 22.1 Å². The molecule has 0 spiro atoms. The van der Waals surface area contributed by atoms with Gasteiger partial charge in [-0.05, 0) is 49.9 Å². The van der Waals surface area contributed by atoms with Crippen molar-refractivity contribution in [1.29, 1.82) is 0 Å². The first-order valence-electron chi connectivity index (χ1n) is 10.2. The Morgan fingerprint density at radius 2 is 1.90 bits per heavy atom. The lowest BCUT2D eigenvalue weighted by atomic mass is 10.0. The second-order valence-corrected chi connectivity index (χ2v) is 8.49. The summed E-state index contributed by atoms with van der Waals surface area (Å²) in [7, 11) is 3.23. The molecule has 0 N–H and O–H groups in total. The molecule has 0 aliphatic carbocycles. The summed E-state index contributed by atoms with van der Waals surface area (Å²) in [5.74, 6) is 1.42. The van der Waals surface area contributed by atoms with E-state index < -0.39 is 0 Å². The molecule has 1 aliphatic heterocycles. The summed E-state index contributed by atoms with van der Waals surface area (Å²) in [5, 5.41) is 0.815. The number of likely N-dealkylation sites (tertiary alicyclic amines) is 1. The largest absolute Gasteiger partial charge is 0.493 e. The Morgan fingerprint density at radius 3 is 2.63 bits per heavy atom. The predicted octanol–water partition coefficient (Wildman–Crippen LogP) is 4.98. The summed E-state index contributed by atoms with van der Waals surface area (Å²) in [6.45, 7) is 2.72. The Hall–Kier alpha value is -2.86. The van der Waals surface area contributed by atoms with Crippen LogP contribution in [-0.4, -0.2) is 42.6 Å². The topological polar surface area (TPSA) is 51.7 Å². The van der Waals surface area contributed by atoms with Crippen LogP contribution in [-0.2, 0) is 6.42 Å². The van der Waals surface area contributed by atoms with E-state index in [2.05, 4.69) is 29.2 Å². The second-order valence-electron chi connectivity index (χ2n) is 7.49. The van der Waals surface area contributed by atoms with Crippen LogP contribution in [0.5, 0.6) is 11.5 Å². The molecule has 4 rings (SSSR count). The molecule has 0 bridgehead atoms. The highest BCUT2D eigenvalue weighted by molar-refractivity contribution is 7.17. The zero-order valence-corrected chi connectivity index (χ0v) is 18.4. The number of hydrogen-bond acceptors (Lipinski definition) is 5. The number of carbonyl (C=O) groups is 1. The predicted molar refractivity (Wildman–Crippen MR) is 120 cm³/mol. The van der Waals surface area contributed by atoms with E-state index in [-0.39, 0.29) is 11.9 Å². The summed E-state index contributed by atoms with van der Waals surface area (Å²) in [5.41, 5.74) is 2.97. The molecule has 156 valence electrons. The van der Waals surface area contributed by atoms with Crippen LogP contribution in [0.2, 0.25) is 0 Å². The standard InChI is InChI=1S/C24H26N2O3S/c1-16-22(30-23(25-16)18-11-12-20(28-2)21(15-18)29-3)24(27)26-13-7-10-19(26)14-17-8-5-4-6-9-17/h4-6,8-9,11-12,15,19H,7,10,13-14H2,1-3H3/t19-/m0/s1. The number of hydrogen-bond donors (Lipinski definition) is 0. The van der Waals surface area contributed by atoms with Crippen molar-refractivity contribution >= 4 is 17.2 Å². The highest BCUT2D eigenvalue weighted by atomic mass is 32.1. The van der Waals surface area contributed by atoms with Crippen molar-refractivity contribution in [2.75, 3.05) is 20.8 Å². The molecule has 1 aliphatic rings.